The lowest BCUT2D eigenvalue weighted by Gasteiger charge is -2.09. The van der Waals surface area contributed by atoms with Gasteiger partial charge in [-0.1, -0.05) is 14.9 Å². The van der Waals surface area contributed by atoms with Crippen molar-refractivity contribution < 1.29 is 0 Å². The van der Waals surface area contributed by atoms with Crippen LogP contribution in [0.4, 0.5) is 0 Å². The number of hydrogen-bond donors (Lipinski definition) is 0. The van der Waals surface area contributed by atoms with Crippen LogP contribution in [0.25, 0.3) is 0 Å². The zero-order valence-electron chi connectivity index (χ0n) is 34.1. The number of aromatic nitrogens is 3. The summed E-state index contributed by atoms with van der Waals surface area (Å²) in [6, 6.07) is 0. The molecule has 0 radical (unpaired) electrons. The van der Waals surface area contributed by atoms with Gasteiger partial charge < -0.3 is 0 Å². The SMILES string of the molecule is C.C.Cc1nc(C)c(C)c(C)c1C.Cc1nc(C)c(C)c(C)c1C.Cc1nc(C)c(C)s1.Cc1sc(C)c(C)c1C.Cc1sc(C)c(C)c1C. The second-order valence-corrected chi connectivity index (χ2v) is 17.4. The Morgan fingerprint density at radius 1 is 0.240 bits per heavy atom. The highest BCUT2D eigenvalue weighted by Crippen LogP contribution is 2.26. The Bertz CT molecular complexity index is 1600. The molecule has 5 aromatic heterocycles. The van der Waals surface area contributed by atoms with Crippen molar-refractivity contribution in [2.24, 2.45) is 0 Å². The van der Waals surface area contributed by atoms with Gasteiger partial charge in [0, 0.05) is 47.2 Å². The van der Waals surface area contributed by atoms with Crippen molar-refractivity contribution in [1.29, 1.82) is 0 Å². The van der Waals surface area contributed by atoms with Gasteiger partial charge in [0.15, 0.2) is 0 Å². The van der Waals surface area contributed by atoms with E-state index in [1.54, 1.807) is 11.3 Å². The monoisotopic (exact) mass is 737 g/mol. The summed E-state index contributed by atoms with van der Waals surface area (Å²) in [4.78, 5) is 20.3. The molecule has 5 rings (SSSR count). The maximum absolute atomic E-state index is 4.43. The fraction of sp³-hybridized carbons (Fsp3) is 0.523. The Kier molecular flexibility index (Phi) is 21.4. The van der Waals surface area contributed by atoms with E-state index < -0.39 is 0 Å². The van der Waals surface area contributed by atoms with Crippen LogP contribution in [-0.4, -0.2) is 15.0 Å². The Balaban J connectivity index is 0. The highest BCUT2D eigenvalue weighted by atomic mass is 32.1. The Morgan fingerprint density at radius 3 is 0.600 bits per heavy atom. The number of rotatable bonds is 0. The van der Waals surface area contributed by atoms with Gasteiger partial charge in [0.2, 0.25) is 0 Å². The van der Waals surface area contributed by atoms with Crippen molar-refractivity contribution in [2.75, 3.05) is 0 Å². The quantitative estimate of drug-likeness (QED) is 0.159. The highest BCUT2D eigenvalue weighted by molar-refractivity contribution is 7.12. The molecule has 0 amide bonds. The van der Waals surface area contributed by atoms with Gasteiger partial charge >= 0.3 is 0 Å². The van der Waals surface area contributed by atoms with Crippen LogP contribution in [0.1, 0.15) is 128 Å². The fourth-order valence-corrected chi connectivity index (χ4v) is 7.90. The minimum Gasteiger partial charge on any atom is -0.258 e. The van der Waals surface area contributed by atoms with Crippen molar-refractivity contribution in [3.63, 3.8) is 0 Å². The molecule has 0 unspecified atom stereocenters. The van der Waals surface area contributed by atoms with Crippen LogP contribution in [0.2, 0.25) is 0 Å². The standard InChI is InChI=1S/2C10H15N.2C8H12S.C6H9NS.2CH4/c2*1-6-7(2)9(4)11-10(5)8(6)3;2*1-5-6(2)8(4)9-7(5)3;1-4-5(2)8-6(3)7-4;;/h2*1-5H3;2*1-4H3;1-3H3;2*1H4. The molecule has 0 fully saturated rings. The zero-order valence-corrected chi connectivity index (χ0v) is 36.5. The second-order valence-electron chi connectivity index (χ2n) is 13.1. The first-order chi connectivity index (χ1) is 22.0. The van der Waals surface area contributed by atoms with Crippen molar-refractivity contribution in [2.45, 2.75) is 160 Å². The molecular weight excluding hydrogens is 667 g/mol. The number of thiophene rings is 2. The van der Waals surface area contributed by atoms with Crippen LogP contribution in [0.3, 0.4) is 0 Å². The van der Waals surface area contributed by atoms with Gasteiger partial charge in [0.25, 0.3) is 0 Å². The molecule has 0 atom stereocenters. The summed E-state index contributed by atoms with van der Waals surface area (Å²) in [5.41, 5.74) is 19.8. The summed E-state index contributed by atoms with van der Waals surface area (Å²) in [7, 11) is 0. The van der Waals surface area contributed by atoms with Crippen LogP contribution in [0, 0.1) is 145 Å². The summed E-state index contributed by atoms with van der Waals surface area (Å²) >= 11 is 5.55. The average Bonchev–Trinajstić information content (AvgIpc) is 3.54. The molecule has 5 heterocycles. The highest BCUT2D eigenvalue weighted by Gasteiger charge is 2.06. The normalized spacial score (nSPS) is 9.78. The number of nitrogens with zero attached hydrogens (tertiary/aromatic N) is 3. The molecule has 0 N–H and O–H groups in total. The molecule has 6 heteroatoms. The minimum atomic E-state index is 0. The second kappa shape index (κ2) is 21.6. The van der Waals surface area contributed by atoms with Gasteiger partial charge in [-0.2, -0.15) is 0 Å². The number of hydrogen-bond acceptors (Lipinski definition) is 6. The van der Waals surface area contributed by atoms with Gasteiger partial charge in [0.1, 0.15) is 0 Å². The summed E-state index contributed by atoms with van der Waals surface area (Å²) < 4.78 is 0. The molecular formula is C44H71N3S3. The van der Waals surface area contributed by atoms with Crippen molar-refractivity contribution in [1.82, 2.24) is 15.0 Å². The predicted molar refractivity (Wildman–Crippen MR) is 232 cm³/mol. The first kappa shape index (κ1) is 49.4. The van der Waals surface area contributed by atoms with Crippen molar-refractivity contribution in [3.8, 4) is 0 Å². The van der Waals surface area contributed by atoms with Gasteiger partial charge in [-0.25, -0.2) is 4.98 Å². The maximum Gasteiger partial charge on any atom is 0.0899 e. The molecule has 0 aliphatic carbocycles. The van der Waals surface area contributed by atoms with E-state index in [0.717, 1.165) is 22.8 Å². The molecule has 0 aliphatic heterocycles. The van der Waals surface area contributed by atoms with Crippen LogP contribution in [0.5, 0.6) is 0 Å². The van der Waals surface area contributed by atoms with Crippen LogP contribution in [0.15, 0.2) is 0 Å². The van der Waals surface area contributed by atoms with E-state index in [9.17, 15) is 0 Å². The molecule has 280 valence electrons. The topological polar surface area (TPSA) is 38.7 Å². The zero-order chi connectivity index (χ0) is 37.4. The lowest BCUT2D eigenvalue weighted by atomic mass is 10.0. The number of pyridine rings is 2. The van der Waals surface area contributed by atoms with E-state index >= 15 is 0 Å². The molecule has 0 saturated carbocycles. The lowest BCUT2D eigenvalue weighted by molar-refractivity contribution is 1.03. The van der Waals surface area contributed by atoms with Gasteiger partial charge in [-0.05, 0) is 201 Å². The lowest BCUT2D eigenvalue weighted by Crippen LogP contribution is -1.98. The van der Waals surface area contributed by atoms with Gasteiger partial charge in [-0.3, -0.25) is 9.97 Å². The van der Waals surface area contributed by atoms with Crippen molar-refractivity contribution >= 4 is 34.0 Å². The molecule has 0 saturated heterocycles. The molecule has 3 nitrogen and oxygen atoms in total. The summed E-state index contributed by atoms with van der Waals surface area (Å²) in [5.74, 6) is 0. The third kappa shape index (κ3) is 13.5. The Morgan fingerprint density at radius 2 is 0.480 bits per heavy atom. The van der Waals surface area contributed by atoms with Crippen molar-refractivity contribution in [3.05, 3.63) is 113 Å². The van der Waals surface area contributed by atoms with Gasteiger partial charge in [0.05, 0.1) is 10.7 Å². The third-order valence-electron chi connectivity index (χ3n) is 10.1. The smallest absolute Gasteiger partial charge is 0.0899 e. The van der Waals surface area contributed by atoms with E-state index in [0.29, 0.717) is 0 Å². The van der Waals surface area contributed by atoms with E-state index in [2.05, 4.69) is 147 Å². The molecule has 0 spiro atoms. The maximum atomic E-state index is 4.43. The number of aryl methyl sites for hydroxylation is 11. The van der Waals surface area contributed by atoms with Crippen LogP contribution in [-0.2, 0) is 0 Å². The third-order valence-corrected chi connectivity index (χ3v) is 13.5. The predicted octanol–water partition coefficient (Wildman–Crippen LogP) is 14.6. The summed E-state index contributed by atoms with van der Waals surface area (Å²) in [5, 5.41) is 1.17. The molecule has 0 bridgehead atoms. The van der Waals surface area contributed by atoms with E-state index in [1.165, 1.54) is 90.7 Å². The fourth-order valence-electron chi connectivity index (χ4n) is 4.94. The Hall–Kier alpha value is -2.67. The summed E-state index contributed by atoms with van der Waals surface area (Å²) in [6.07, 6.45) is 0. The van der Waals surface area contributed by atoms with E-state index in [4.69, 9.17) is 0 Å². The first-order valence-electron chi connectivity index (χ1n) is 16.8. The average molecular weight is 738 g/mol. The molecule has 50 heavy (non-hydrogen) atoms. The largest absolute Gasteiger partial charge is 0.258 e. The van der Waals surface area contributed by atoms with Gasteiger partial charge in [-0.15, -0.1) is 34.0 Å². The summed E-state index contributed by atoms with van der Waals surface area (Å²) in [6.45, 7) is 44.7. The van der Waals surface area contributed by atoms with Crippen LogP contribution < -0.4 is 0 Å². The molecule has 5 aromatic rings. The number of thiazole rings is 1. The van der Waals surface area contributed by atoms with Crippen LogP contribution >= 0.6 is 34.0 Å². The van der Waals surface area contributed by atoms with E-state index in [-0.39, 0.29) is 14.9 Å². The Labute approximate surface area is 321 Å². The molecule has 0 aliphatic rings. The van der Waals surface area contributed by atoms with E-state index in [1.807, 2.05) is 36.5 Å². The molecule has 0 aromatic carbocycles. The minimum absolute atomic E-state index is 0. The first-order valence-corrected chi connectivity index (χ1v) is 19.3.